The summed E-state index contributed by atoms with van der Waals surface area (Å²) in [6, 6.07) is 7.71. The number of carbonyl (C=O) groups excluding carboxylic acids is 1. The van der Waals surface area contributed by atoms with E-state index in [1.54, 1.807) is 7.11 Å². The minimum Gasteiger partial charge on any atom is -0.490 e. The second-order valence-corrected chi connectivity index (χ2v) is 7.40. The maximum absolute atomic E-state index is 12.8. The SMILES string of the molecule is CO[C@]1(C(=O)Nc2ccc(OC3CCCC3)cc2)CCC[C@H](C)C1. The van der Waals surface area contributed by atoms with Crippen LogP contribution in [-0.4, -0.2) is 24.7 Å². The normalized spacial score (nSPS) is 27.8. The Labute approximate surface area is 144 Å². The Morgan fingerprint density at radius 1 is 1.12 bits per heavy atom. The fraction of sp³-hybridized carbons (Fsp3) is 0.650. The van der Waals surface area contributed by atoms with Crippen molar-refractivity contribution in [2.75, 3.05) is 12.4 Å². The van der Waals surface area contributed by atoms with Crippen LogP contribution in [0.4, 0.5) is 5.69 Å². The molecule has 1 N–H and O–H groups in total. The topological polar surface area (TPSA) is 47.6 Å². The number of anilines is 1. The first-order valence-electron chi connectivity index (χ1n) is 9.25. The van der Waals surface area contributed by atoms with Gasteiger partial charge in [-0.2, -0.15) is 0 Å². The summed E-state index contributed by atoms with van der Waals surface area (Å²) in [4.78, 5) is 12.8. The zero-order chi connectivity index (χ0) is 17.0. The lowest BCUT2D eigenvalue weighted by Gasteiger charge is -2.37. The van der Waals surface area contributed by atoms with Gasteiger partial charge in [0.15, 0.2) is 0 Å². The van der Waals surface area contributed by atoms with E-state index in [2.05, 4.69) is 12.2 Å². The van der Waals surface area contributed by atoms with Crippen LogP contribution in [0.5, 0.6) is 5.75 Å². The number of ether oxygens (including phenoxy) is 2. The molecule has 1 aromatic rings. The molecule has 1 aromatic carbocycles. The smallest absolute Gasteiger partial charge is 0.256 e. The maximum Gasteiger partial charge on any atom is 0.256 e. The lowest BCUT2D eigenvalue weighted by Crippen LogP contribution is -2.47. The van der Waals surface area contributed by atoms with Gasteiger partial charge in [-0.25, -0.2) is 0 Å². The fourth-order valence-electron chi connectivity index (χ4n) is 4.05. The quantitative estimate of drug-likeness (QED) is 0.861. The number of carbonyl (C=O) groups is 1. The number of benzene rings is 1. The first kappa shape index (κ1) is 17.3. The van der Waals surface area contributed by atoms with Gasteiger partial charge in [-0.15, -0.1) is 0 Å². The molecule has 4 heteroatoms. The van der Waals surface area contributed by atoms with E-state index >= 15 is 0 Å². The molecule has 0 heterocycles. The predicted octanol–water partition coefficient (Wildman–Crippen LogP) is 4.54. The molecule has 0 aliphatic heterocycles. The van der Waals surface area contributed by atoms with Crippen LogP contribution in [0.1, 0.15) is 58.3 Å². The number of amides is 1. The summed E-state index contributed by atoms with van der Waals surface area (Å²) < 4.78 is 11.6. The van der Waals surface area contributed by atoms with Crippen molar-refractivity contribution < 1.29 is 14.3 Å². The van der Waals surface area contributed by atoms with E-state index in [0.29, 0.717) is 12.0 Å². The minimum absolute atomic E-state index is 0.0268. The van der Waals surface area contributed by atoms with Crippen LogP contribution in [0.2, 0.25) is 0 Å². The molecule has 2 atom stereocenters. The van der Waals surface area contributed by atoms with Crippen LogP contribution in [0.15, 0.2) is 24.3 Å². The number of hydrogen-bond donors (Lipinski definition) is 1. The van der Waals surface area contributed by atoms with Gasteiger partial charge in [0.1, 0.15) is 11.4 Å². The van der Waals surface area contributed by atoms with E-state index in [0.717, 1.165) is 43.5 Å². The minimum atomic E-state index is -0.684. The summed E-state index contributed by atoms with van der Waals surface area (Å²) >= 11 is 0. The fourth-order valence-corrected chi connectivity index (χ4v) is 4.05. The Balaban J connectivity index is 1.61. The highest BCUT2D eigenvalue weighted by molar-refractivity contribution is 5.97. The molecule has 24 heavy (non-hydrogen) atoms. The lowest BCUT2D eigenvalue weighted by molar-refractivity contribution is -0.143. The van der Waals surface area contributed by atoms with Gasteiger partial charge < -0.3 is 14.8 Å². The summed E-state index contributed by atoms with van der Waals surface area (Å²) in [6.07, 6.45) is 8.96. The van der Waals surface area contributed by atoms with Gasteiger partial charge in [-0.1, -0.05) is 13.3 Å². The number of rotatable bonds is 5. The number of methoxy groups -OCH3 is 1. The third-order valence-corrected chi connectivity index (χ3v) is 5.48. The zero-order valence-corrected chi connectivity index (χ0v) is 14.8. The van der Waals surface area contributed by atoms with Gasteiger partial charge in [-0.3, -0.25) is 4.79 Å². The number of hydrogen-bond acceptors (Lipinski definition) is 3. The van der Waals surface area contributed by atoms with Crippen LogP contribution in [0.25, 0.3) is 0 Å². The second kappa shape index (κ2) is 7.56. The molecule has 0 saturated heterocycles. The first-order valence-corrected chi connectivity index (χ1v) is 9.25. The lowest BCUT2D eigenvalue weighted by atomic mass is 9.78. The Morgan fingerprint density at radius 2 is 1.83 bits per heavy atom. The molecule has 1 amide bonds. The highest BCUT2D eigenvalue weighted by Gasteiger charge is 2.41. The highest BCUT2D eigenvalue weighted by Crippen LogP contribution is 2.36. The zero-order valence-electron chi connectivity index (χ0n) is 14.8. The van der Waals surface area contributed by atoms with Gasteiger partial charge in [0.05, 0.1) is 6.10 Å². The van der Waals surface area contributed by atoms with Crippen molar-refractivity contribution in [2.45, 2.75) is 70.0 Å². The van der Waals surface area contributed by atoms with Crippen molar-refractivity contribution in [1.82, 2.24) is 0 Å². The molecule has 132 valence electrons. The summed E-state index contributed by atoms with van der Waals surface area (Å²) in [7, 11) is 1.65. The van der Waals surface area contributed by atoms with E-state index in [1.807, 2.05) is 24.3 Å². The maximum atomic E-state index is 12.8. The summed E-state index contributed by atoms with van der Waals surface area (Å²) in [6.45, 7) is 2.19. The monoisotopic (exact) mass is 331 g/mol. The van der Waals surface area contributed by atoms with E-state index in [4.69, 9.17) is 9.47 Å². The van der Waals surface area contributed by atoms with Gasteiger partial charge in [-0.05, 0) is 75.1 Å². The molecule has 2 aliphatic rings. The van der Waals surface area contributed by atoms with Crippen LogP contribution >= 0.6 is 0 Å². The number of nitrogens with one attached hydrogen (secondary N) is 1. The third kappa shape index (κ3) is 3.92. The third-order valence-electron chi connectivity index (χ3n) is 5.48. The second-order valence-electron chi connectivity index (χ2n) is 7.40. The van der Waals surface area contributed by atoms with Crippen LogP contribution in [-0.2, 0) is 9.53 Å². The summed E-state index contributed by atoms with van der Waals surface area (Å²) in [5, 5.41) is 3.03. The molecule has 4 nitrogen and oxygen atoms in total. The van der Waals surface area contributed by atoms with Crippen LogP contribution in [0, 0.1) is 5.92 Å². The summed E-state index contributed by atoms with van der Waals surface area (Å²) in [5.41, 5.74) is 0.116. The van der Waals surface area contributed by atoms with Crippen LogP contribution < -0.4 is 10.1 Å². The molecule has 0 radical (unpaired) electrons. The molecule has 2 fully saturated rings. The largest absolute Gasteiger partial charge is 0.490 e. The molecular formula is C20H29NO3. The van der Waals surface area contributed by atoms with Crippen molar-refractivity contribution in [1.29, 1.82) is 0 Å². The molecule has 2 aliphatic carbocycles. The molecule has 3 rings (SSSR count). The van der Waals surface area contributed by atoms with Crippen molar-refractivity contribution in [3.63, 3.8) is 0 Å². The average molecular weight is 331 g/mol. The standard InChI is InChI=1S/C20H29NO3/c1-15-6-5-13-20(14-15,23-2)19(22)21-16-9-11-18(12-10-16)24-17-7-3-4-8-17/h9-12,15,17H,3-8,13-14H2,1-2H3,(H,21,22)/t15-,20+/m0/s1. The molecule has 0 spiro atoms. The Hall–Kier alpha value is -1.55. The van der Waals surface area contributed by atoms with Crippen LogP contribution in [0.3, 0.4) is 0 Å². The van der Waals surface area contributed by atoms with Crippen molar-refractivity contribution in [3.05, 3.63) is 24.3 Å². The summed E-state index contributed by atoms with van der Waals surface area (Å²) in [5.74, 6) is 1.38. The van der Waals surface area contributed by atoms with Crippen molar-refractivity contribution in [2.24, 2.45) is 5.92 Å². The average Bonchev–Trinajstić information content (AvgIpc) is 3.09. The van der Waals surface area contributed by atoms with E-state index in [9.17, 15) is 4.79 Å². The van der Waals surface area contributed by atoms with Gasteiger partial charge in [0, 0.05) is 12.8 Å². The highest BCUT2D eigenvalue weighted by atomic mass is 16.5. The van der Waals surface area contributed by atoms with Gasteiger partial charge >= 0.3 is 0 Å². The molecule has 2 saturated carbocycles. The Morgan fingerprint density at radius 3 is 2.46 bits per heavy atom. The predicted molar refractivity (Wildman–Crippen MR) is 95.3 cm³/mol. The van der Waals surface area contributed by atoms with Gasteiger partial charge in [0.25, 0.3) is 5.91 Å². The Kier molecular flexibility index (Phi) is 5.44. The molecular weight excluding hydrogens is 302 g/mol. The first-order chi connectivity index (χ1) is 11.6. The van der Waals surface area contributed by atoms with Crippen molar-refractivity contribution in [3.8, 4) is 5.75 Å². The molecule has 0 aromatic heterocycles. The van der Waals surface area contributed by atoms with E-state index in [-0.39, 0.29) is 5.91 Å². The van der Waals surface area contributed by atoms with Gasteiger partial charge in [0.2, 0.25) is 0 Å². The Bertz CT molecular complexity index is 551. The van der Waals surface area contributed by atoms with E-state index < -0.39 is 5.60 Å². The molecule has 0 bridgehead atoms. The van der Waals surface area contributed by atoms with E-state index in [1.165, 1.54) is 19.3 Å². The van der Waals surface area contributed by atoms with Crippen molar-refractivity contribution >= 4 is 11.6 Å². The molecule has 0 unspecified atom stereocenters.